The maximum absolute atomic E-state index is 11.3. The standard InChI is InChI=1S/C7H7B4NO2/c1-12-4-2-6(3-5-12)7(13)14-11(9)10-8/h2-5H,1H3/q+1. The predicted molar refractivity (Wildman–Crippen MR) is 56.0 cm³/mol. The first-order valence-corrected chi connectivity index (χ1v) is 4.10. The van der Waals surface area contributed by atoms with E-state index in [1.165, 1.54) is 0 Å². The van der Waals surface area contributed by atoms with Crippen molar-refractivity contribution in [2.75, 3.05) is 0 Å². The van der Waals surface area contributed by atoms with Crippen molar-refractivity contribution < 1.29 is 14.0 Å². The zero-order chi connectivity index (χ0) is 10.6. The monoisotopic (exact) mass is 181 g/mol. The molecule has 0 fully saturated rings. The third-order valence-corrected chi connectivity index (χ3v) is 1.65. The van der Waals surface area contributed by atoms with Gasteiger partial charge in [-0.25, -0.2) is 9.36 Å². The van der Waals surface area contributed by atoms with Crippen LogP contribution in [0, 0.1) is 0 Å². The van der Waals surface area contributed by atoms with E-state index in [-0.39, 0.29) is 0 Å². The van der Waals surface area contributed by atoms with Gasteiger partial charge in [0.2, 0.25) is 6.70 Å². The molecule has 0 unspecified atom stereocenters. The number of carbonyl (C=O) groups excluding carboxylic acids is 1. The molecule has 1 aromatic heterocycles. The van der Waals surface area contributed by atoms with Gasteiger partial charge in [-0.2, -0.15) is 0 Å². The minimum Gasteiger partial charge on any atom is -0.552 e. The van der Waals surface area contributed by atoms with Gasteiger partial charge in [-0.05, 0) is 0 Å². The zero-order valence-corrected chi connectivity index (χ0v) is 7.88. The molecular weight excluding hydrogens is 173 g/mol. The Balaban J connectivity index is 2.65. The molecule has 0 saturated heterocycles. The summed E-state index contributed by atoms with van der Waals surface area (Å²) in [6, 6.07) is 3.29. The summed E-state index contributed by atoms with van der Waals surface area (Å²) in [5, 5.41) is 0. The Morgan fingerprint density at radius 2 is 2.14 bits per heavy atom. The van der Waals surface area contributed by atoms with E-state index in [2.05, 4.69) is 0 Å². The summed E-state index contributed by atoms with van der Waals surface area (Å²) in [5.74, 6) is -0.486. The highest BCUT2D eigenvalue weighted by molar-refractivity contribution is 7.44. The van der Waals surface area contributed by atoms with Crippen molar-refractivity contribution in [1.29, 1.82) is 0 Å². The molecule has 0 saturated carbocycles. The van der Waals surface area contributed by atoms with Gasteiger partial charge in [-0.1, -0.05) is 0 Å². The fourth-order valence-corrected chi connectivity index (χ4v) is 0.868. The lowest BCUT2D eigenvalue weighted by molar-refractivity contribution is -0.671. The molecule has 63 valence electrons. The van der Waals surface area contributed by atoms with Crippen LogP contribution in [-0.2, 0) is 11.7 Å². The number of rotatable bonds is 3. The minimum atomic E-state index is -0.864. The van der Waals surface area contributed by atoms with E-state index in [1.54, 1.807) is 24.5 Å². The number of aryl methyl sites for hydroxylation is 1. The van der Waals surface area contributed by atoms with Gasteiger partial charge in [0.25, 0.3) is 0 Å². The van der Waals surface area contributed by atoms with Gasteiger partial charge >= 0.3 is 5.97 Å². The molecule has 7 heteroatoms. The highest BCUT2D eigenvalue weighted by Crippen LogP contribution is 1.98. The lowest BCUT2D eigenvalue weighted by Crippen LogP contribution is -2.31. The van der Waals surface area contributed by atoms with Crippen LogP contribution < -0.4 is 4.57 Å². The number of aromatic nitrogens is 1. The van der Waals surface area contributed by atoms with Crippen LogP contribution in [0.1, 0.15) is 10.4 Å². The van der Waals surface area contributed by atoms with Crippen LogP contribution in [0.15, 0.2) is 24.5 Å². The molecule has 0 spiro atoms. The molecule has 3 nitrogen and oxygen atoms in total. The van der Waals surface area contributed by atoms with Crippen molar-refractivity contribution in [2.45, 2.75) is 0 Å². The summed E-state index contributed by atoms with van der Waals surface area (Å²) in [6.45, 7) is -0.864. The van der Waals surface area contributed by atoms with E-state index in [1.807, 2.05) is 11.6 Å². The number of nitrogens with zero attached hydrogens (tertiary/aromatic N) is 1. The molecule has 1 rings (SSSR count). The Kier molecular flexibility index (Phi) is 3.86. The molecule has 0 bridgehead atoms. The van der Waals surface area contributed by atoms with Crippen LogP contribution in [0.4, 0.5) is 0 Å². The third kappa shape index (κ3) is 2.98. The molecule has 0 aliphatic heterocycles. The molecule has 14 heavy (non-hydrogen) atoms. The normalized spacial score (nSPS) is 9.21. The first kappa shape index (κ1) is 11.0. The lowest BCUT2D eigenvalue weighted by atomic mass is 9.14. The Morgan fingerprint density at radius 1 is 1.57 bits per heavy atom. The first-order valence-electron chi connectivity index (χ1n) is 4.10. The fraction of sp³-hybridized carbons (Fsp3) is 0.143. The second kappa shape index (κ2) is 4.94. The molecular formula is C7H7B4NO2+. The average Bonchev–Trinajstić information content (AvgIpc) is 2.18. The van der Waals surface area contributed by atoms with Gasteiger partial charge in [0.1, 0.15) is 7.05 Å². The number of hydrogen-bond acceptors (Lipinski definition) is 2. The van der Waals surface area contributed by atoms with E-state index < -0.39 is 12.7 Å². The second-order valence-corrected chi connectivity index (χ2v) is 2.81. The van der Waals surface area contributed by atoms with E-state index in [0.29, 0.717) is 5.56 Å². The summed E-state index contributed by atoms with van der Waals surface area (Å²) in [4.78, 5) is 11.3. The fourth-order valence-electron chi connectivity index (χ4n) is 0.868. The maximum atomic E-state index is 11.3. The molecule has 0 aliphatic rings. The van der Waals surface area contributed by atoms with Gasteiger partial charge in [-0.3, -0.25) is 0 Å². The first-order chi connectivity index (χ1) is 6.63. The quantitative estimate of drug-likeness (QED) is 0.423. The van der Waals surface area contributed by atoms with Gasteiger partial charge in [0, 0.05) is 19.9 Å². The number of hydrogen-bond donors (Lipinski definition) is 0. The van der Waals surface area contributed by atoms with E-state index in [9.17, 15) is 4.79 Å². The summed E-state index contributed by atoms with van der Waals surface area (Å²) < 4.78 is 6.59. The summed E-state index contributed by atoms with van der Waals surface area (Å²) >= 11 is 0. The van der Waals surface area contributed by atoms with Gasteiger partial charge < -0.3 is 4.65 Å². The van der Waals surface area contributed by atoms with E-state index >= 15 is 0 Å². The highest BCUT2D eigenvalue weighted by Gasteiger charge is 2.13. The van der Waals surface area contributed by atoms with Gasteiger partial charge in [0.05, 0.1) is 20.4 Å². The molecule has 0 N–H and O–H groups in total. The highest BCUT2D eigenvalue weighted by atomic mass is 16.5. The predicted octanol–water partition coefficient (Wildman–Crippen LogP) is -1.39. The summed E-state index contributed by atoms with van der Waals surface area (Å²) in [6.07, 6.45) is 3.49. The SMILES string of the molecule is [B][B]B([B])OC(=O)c1cc[n+](C)cc1. The molecule has 0 atom stereocenters. The molecule has 1 aromatic rings. The van der Waals surface area contributed by atoms with E-state index in [4.69, 9.17) is 20.1 Å². The average molecular weight is 180 g/mol. The van der Waals surface area contributed by atoms with Crippen molar-refractivity contribution >= 4 is 35.2 Å². The minimum absolute atomic E-state index is 0.445. The Morgan fingerprint density at radius 3 is 2.64 bits per heavy atom. The van der Waals surface area contributed by atoms with Crippen molar-refractivity contribution in [3.63, 3.8) is 0 Å². The Labute approximate surface area is 87.0 Å². The van der Waals surface area contributed by atoms with Gasteiger partial charge in [0.15, 0.2) is 12.4 Å². The molecule has 1 heterocycles. The van der Waals surface area contributed by atoms with Crippen molar-refractivity contribution in [2.24, 2.45) is 7.05 Å². The third-order valence-electron chi connectivity index (χ3n) is 1.65. The van der Waals surface area contributed by atoms with Crippen LogP contribution in [0.3, 0.4) is 0 Å². The Bertz CT molecular complexity index is 316. The smallest absolute Gasteiger partial charge is 0.319 e. The zero-order valence-electron chi connectivity index (χ0n) is 7.88. The summed E-state index contributed by atoms with van der Waals surface area (Å²) in [7, 11) is 13.4. The topological polar surface area (TPSA) is 30.2 Å². The van der Waals surface area contributed by atoms with Gasteiger partial charge in [-0.15, -0.1) is 0 Å². The Hall–Kier alpha value is -1.12. The van der Waals surface area contributed by atoms with Crippen molar-refractivity contribution in [3.05, 3.63) is 30.1 Å². The van der Waals surface area contributed by atoms with Crippen LogP contribution in [0.5, 0.6) is 0 Å². The van der Waals surface area contributed by atoms with Crippen LogP contribution >= 0.6 is 0 Å². The summed E-state index contributed by atoms with van der Waals surface area (Å²) in [5.41, 5.74) is 0.445. The van der Waals surface area contributed by atoms with Crippen molar-refractivity contribution in [1.82, 2.24) is 0 Å². The van der Waals surface area contributed by atoms with Crippen molar-refractivity contribution in [3.8, 4) is 0 Å². The van der Waals surface area contributed by atoms with Crippen LogP contribution in [0.25, 0.3) is 0 Å². The van der Waals surface area contributed by atoms with E-state index in [0.717, 1.165) is 7.06 Å². The maximum Gasteiger partial charge on any atom is 0.319 e. The van der Waals surface area contributed by atoms with Crippen LogP contribution in [0.2, 0.25) is 0 Å². The lowest BCUT2D eigenvalue weighted by Gasteiger charge is -2.08. The van der Waals surface area contributed by atoms with Crippen LogP contribution in [-0.4, -0.2) is 35.2 Å². The molecule has 0 amide bonds. The molecule has 0 aliphatic carbocycles. The second-order valence-electron chi connectivity index (χ2n) is 2.81. The molecule has 0 aromatic carbocycles. The molecule has 5 radical (unpaired) electrons. The number of carbonyl (C=O) groups is 1. The largest absolute Gasteiger partial charge is 0.552 e. The number of pyridine rings is 1.